The van der Waals surface area contributed by atoms with Crippen LogP contribution in [0.2, 0.25) is 0 Å². The highest BCUT2D eigenvalue weighted by atomic mass is 16.5. The molecule has 0 amide bonds. The van der Waals surface area contributed by atoms with Gasteiger partial charge < -0.3 is 31.5 Å². The van der Waals surface area contributed by atoms with Gasteiger partial charge >= 0.3 is 0 Å². The number of piperidine rings is 2. The second-order valence-corrected chi connectivity index (χ2v) is 12.4. The minimum Gasteiger partial charge on any atom is -0.395 e. The molecule has 2 saturated heterocycles. The first kappa shape index (κ1) is 26.8. The van der Waals surface area contributed by atoms with Crippen LogP contribution in [-0.2, 0) is 0 Å². The van der Waals surface area contributed by atoms with Crippen LogP contribution in [0.25, 0.3) is 0 Å². The summed E-state index contributed by atoms with van der Waals surface area (Å²) in [6.07, 6.45) is 3.16. The number of hydrogen-bond donors (Lipinski definition) is 4. The molecule has 0 aromatic carbocycles. The normalized spacial score (nSPS) is 25.1. The maximum atomic E-state index is 9.26. The van der Waals surface area contributed by atoms with Gasteiger partial charge in [-0.2, -0.15) is 15.0 Å². The fraction of sp³-hybridized carbons (Fsp3) is 0.870. The van der Waals surface area contributed by atoms with E-state index in [0.29, 0.717) is 24.4 Å². The van der Waals surface area contributed by atoms with E-state index in [1.807, 2.05) is 0 Å². The third-order valence-corrected chi connectivity index (χ3v) is 7.10. The zero-order valence-electron chi connectivity index (χ0n) is 22.1. The average Bonchev–Trinajstić information content (AvgIpc) is 2.67. The Morgan fingerprint density at radius 2 is 1.03 bits per heavy atom. The lowest BCUT2D eigenvalue weighted by Gasteiger charge is -2.48. The Hall–Kier alpha value is -1.79. The second kappa shape index (κ2) is 9.34. The Kier molecular flexibility index (Phi) is 7.37. The maximum absolute atomic E-state index is 9.26. The number of aromatic nitrogens is 3. The van der Waals surface area contributed by atoms with E-state index in [-0.39, 0.29) is 40.8 Å². The summed E-state index contributed by atoms with van der Waals surface area (Å²) in [5.41, 5.74) is -1.14. The van der Waals surface area contributed by atoms with Crippen molar-refractivity contribution in [3.8, 4) is 0 Å². The van der Waals surface area contributed by atoms with Crippen LogP contribution in [0.4, 0.5) is 17.8 Å². The summed E-state index contributed by atoms with van der Waals surface area (Å²) in [7, 11) is 0. The molecule has 0 saturated carbocycles. The number of nitrogens with one attached hydrogen (secondary N) is 3. The minimum absolute atomic E-state index is 0.0219. The van der Waals surface area contributed by atoms with Gasteiger partial charge in [0.1, 0.15) is 0 Å². The van der Waals surface area contributed by atoms with Crippen LogP contribution in [-0.4, -0.2) is 88.0 Å². The van der Waals surface area contributed by atoms with Gasteiger partial charge in [-0.25, -0.2) is 0 Å². The maximum Gasteiger partial charge on any atom is 0.229 e. The lowest BCUT2D eigenvalue weighted by molar-refractivity contribution is -0.243. The lowest BCUT2D eigenvalue weighted by Crippen LogP contribution is -2.61. The number of hydrogen-bond acceptors (Lipinski definition) is 9. The molecule has 11 nitrogen and oxygen atoms in total. The topological polar surface area (TPSA) is 147 Å². The van der Waals surface area contributed by atoms with Crippen molar-refractivity contribution in [1.29, 1.82) is 0 Å². The summed E-state index contributed by atoms with van der Waals surface area (Å²) < 4.78 is 0. The molecule has 2 aliphatic rings. The summed E-state index contributed by atoms with van der Waals surface area (Å²) in [5.74, 6) is 1.36. The van der Waals surface area contributed by atoms with Crippen LogP contribution in [0.15, 0.2) is 0 Å². The van der Waals surface area contributed by atoms with Crippen molar-refractivity contribution in [2.24, 2.45) is 0 Å². The highest BCUT2D eigenvalue weighted by Gasteiger charge is 2.50. The molecular formula is C23H46N8O3+2. The summed E-state index contributed by atoms with van der Waals surface area (Å²) >= 11 is 0. The molecule has 1 aromatic rings. The van der Waals surface area contributed by atoms with Crippen molar-refractivity contribution in [1.82, 2.24) is 25.1 Å². The molecule has 194 valence electrons. The zero-order chi connectivity index (χ0) is 25.5. The Morgan fingerprint density at radius 3 is 1.35 bits per heavy atom. The molecule has 11 heteroatoms. The highest BCUT2D eigenvalue weighted by Crippen LogP contribution is 2.39. The fourth-order valence-corrected chi connectivity index (χ4v) is 5.88. The Morgan fingerprint density at radius 1 is 0.706 bits per heavy atom. The number of aliphatic hydroxyl groups is 1. The quantitative estimate of drug-likeness (QED) is 0.424. The zero-order valence-corrected chi connectivity index (χ0v) is 22.1. The van der Waals surface area contributed by atoms with Crippen molar-refractivity contribution in [3.63, 3.8) is 0 Å². The summed E-state index contributed by atoms with van der Waals surface area (Å²) in [4.78, 5) is 13.8. The average molecular weight is 483 g/mol. The van der Waals surface area contributed by atoms with E-state index in [2.05, 4.69) is 81.3 Å². The molecule has 0 aliphatic carbocycles. The molecule has 0 unspecified atom stereocenters. The molecule has 0 radical (unpaired) electrons. The van der Waals surface area contributed by atoms with E-state index in [9.17, 15) is 5.11 Å². The molecule has 0 bridgehead atoms. The predicted molar refractivity (Wildman–Crippen MR) is 136 cm³/mol. The number of rotatable bonds is 7. The van der Waals surface area contributed by atoms with Gasteiger partial charge in [0.25, 0.3) is 0 Å². The van der Waals surface area contributed by atoms with E-state index in [1.165, 1.54) is 0 Å². The van der Waals surface area contributed by atoms with E-state index < -0.39 is 0 Å². The second-order valence-electron chi connectivity index (χ2n) is 12.4. The van der Waals surface area contributed by atoms with Gasteiger partial charge in [0.15, 0.2) is 0 Å². The van der Waals surface area contributed by atoms with Crippen LogP contribution in [0.3, 0.4) is 0 Å². The lowest BCUT2D eigenvalue weighted by atomic mass is 9.79. The molecule has 2 fully saturated rings. The van der Waals surface area contributed by atoms with Crippen molar-refractivity contribution in [2.45, 2.75) is 115 Å². The van der Waals surface area contributed by atoms with Gasteiger partial charge in [-0.05, 0) is 81.1 Å². The number of nitrogens with zero attached hydrogens (tertiary/aromatic N) is 5. The van der Waals surface area contributed by atoms with Crippen LogP contribution in [0, 0.1) is 0 Å². The van der Waals surface area contributed by atoms with E-state index in [1.54, 1.807) is 10.1 Å². The molecular weight excluding hydrogens is 436 g/mol. The number of aliphatic hydroxyl groups excluding tert-OH is 1. The van der Waals surface area contributed by atoms with Crippen molar-refractivity contribution < 1.29 is 15.5 Å². The minimum atomic E-state index is -0.285. The molecule has 1 aromatic heterocycles. The molecule has 3 rings (SSSR count). The first-order valence-electron chi connectivity index (χ1n) is 12.2. The molecule has 2 aliphatic heterocycles. The highest BCUT2D eigenvalue weighted by molar-refractivity contribution is 5.43. The molecule has 8 N–H and O–H groups in total. The molecule has 3 heterocycles. The summed E-state index contributed by atoms with van der Waals surface area (Å²) in [6.45, 7) is 17.0. The van der Waals surface area contributed by atoms with Gasteiger partial charge in [-0.1, -0.05) is 10.1 Å². The predicted octanol–water partition coefficient (Wildman–Crippen LogP) is 1.42. The van der Waals surface area contributed by atoms with Crippen LogP contribution >= 0.6 is 0 Å². The van der Waals surface area contributed by atoms with Crippen LogP contribution in [0.5, 0.6) is 0 Å². The van der Waals surface area contributed by atoms with Gasteiger partial charge in [0, 0.05) is 18.6 Å². The Balaban J connectivity index is 1.83. The van der Waals surface area contributed by atoms with E-state index >= 15 is 0 Å². The van der Waals surface area contributed by atoms with Crippen molar-refractivity contribution in [2.75, 3.05) is 29.1 Å². The Labute approximate surface area is 203 Å². The van der Waals surface area contributed by atoms with Gasteiger partial charge in [0.05, 0.1) is 28.8 Å². The standard InChI is InChI=1S/C23H44N8O3/c1-20(2)11-15(12-21(3,4)30(20)33)25-18-27-17(24-9-10-32)28-19(29-18)26-16-13-22(5,6)31(34)23(7,8)14-16/h15-16,32-34H,9-14H2,1-8H3,(H3,24,25,26,27,28,29)/p+2. The van der Waals surface area contributed by atoms with Crippen molar-refractivity contribution >= 4 is 17.8 Å². The van der Waals surface area contributed by atoms with Gasteiger partial charge in [-0.15, -0.1) is 0 Å². The van der Waals surface area contributed by atoms with Gasteiger partial charge in [0.2, 0.25) is 17.8 Å². The molecule has 0 spiro atoms. The van der Waals surface area contributed by atoms with Crippen LogP contribution in [0.1, 0.15) is 81.1 Å². The SMILES string of the molecule is CC1(C)CC(Nc2nc(NCCO)nc(NC3CC(C)(C)N([OH2+])C(C)(C)C3)n2)CC(C)(C)N1[OH2+]. The first-order valence-corrected chi connectivity index (χ1v) is 12.2. The van der Waals surface area contributed by atoms with Crippen molar-refractivity contribution in [3.05, 3.63) is 0 Å². The third-order valence-electron chi connectivity index (χ3n) is 7.10. The summed E-state index contributed by atoms with van der Waals surface area (Å²) in [5, 5.41) is 39.7. The smallest absolute Gasteiger partial charge is 0.229 e. The van der Waals surface area contributed by atoms with Gasteiger partial charge in [-0.3, -0.25) is 0 Å². The molecule has 34 heavy (non-hydrogen) atoms. The largest absolute Gasteiger partial charge is 0.395 e. The van der Waals surface area contributed by atoms with Crippen LogP contribution < -0.4 is 16.0 Å². The molecule has 0 atom stereocenters. The third kappa shape index (κ3) is 5.88. The fourth-order valence-electron chi connectivity index (χ4n) is 5.88. The Bertz CT molecular complexity index is 762. The number of anilines is 3. The van der Waals surface area contributed by atoms with E-state index in [4.69, 9.17) is 15.4 Å². The van der Waals surface area contributed by atoms with E-state index in [0.717, 1.165) is 25.7 Å². The first-order chi connectivity index (χ1) is 15.6. The summed E-state index contributed by atoms with van der Waals surface area (Å²) in [6, 6.07) is 0.217. The monoisotopic (exact) mass is 482 g/mol. The number of hydroxylamine groups is 4.